The Hall–Kier alpha value is -1.86. The van der Waals surface area contributed by atoms with Gasteiger partial charge in [0.1, 0.15) is 5.56 Å². The molecule has 0 saturated carbocycles. The molecule has 1 fully saturated rings. The minimum absolute atomic E-state index is 0.408. The lowest BCUT2D eigenvalue weighted by molar-refractivity contribution is 0.00578. The van der Waals surface area contributed by atoms with E-state index in [1.165, 1.54) is 13.3 Å². The van der Waals surface area contributed by atoms with Crippen LogP contribution in [-0.2, 0) is 14.0 Å². The average molecular weight is 302 g/mol. The zero-order valence-electron chi connectivity index (χ0n) is 13.4. The van der Waals surface area contributed by atoms with Crippen LogP contribution in [0.25, 0.3) is 5.52 Å². The predicted molar refractivity (Wildman–Crippen MR) is 82.2 cm³/mol. The molecule has 116 valence electrons. The summed E-state index contributed by atoms with van der Waals surface area (Å²) in [6.07, 6.45) is 3.28. The Morgan fingerprint density at radius 3 is 2.50 bits per heavy atom. The third-order valence-corrected chi connectivity index (χ3v) is 4.48. The quantitative estimate of drug-likeness (QED) is 0.620. The number of carbonyl (C=O) groups is 1. The van der Waals surface area contributed by atoms with Crippen molar-refractivity contribution in [2.45, 2.75) is 38.9 Å². The van der Waals surface area contributed by atoms with Gasteiger partial charge in [0.2, 0.25) is 0 Å². The monoisotopic (exact) mass is 302 g/mol. The highest BCUT2D eigenvalue weighted by Crippen LogP contribution is 2.36. The van der Waals surface area contributed by atoms with E-state index >= 15 is 0 Å². The summed E-state index contributed by atoms with van der Waals surface area (Å²) in [6, 6.07) is 3.73. The molecule has 0 radical (unpaired) electrons. The highest BCUT2D eigenvalue weighted by Gasteiger charge is 2.51. The Labute approximate surface area is 129 Å². The number of hydrogen-bond donors (Lipinski definition) is 0. The van der Waals surface area contributed by atoms with E-state index < -0.39 is 24.3 Å². The molecule has 0 amide bonds. The van der Waals surface area contributed by atoms with Crippen molar-refractivity contribution in [2.24, 2.45) is 0 Å². The number of esters is 1. The van der Waals surface area contributed by atoms with E-state index in [9.17, 15) is 4.79 Å². The third kappa shape index (κ3) is 2.21. The lowest BCUT2D eigenvalue weighted by Gasteiger charge is -2.32. The summed E-state index contributed by atoms with van der Waals surface area (Å²) in [5.74, 6) is -0.416. The molecule has 3 heterocycles. The molecule has 0 unspecified atom stereocenters. The zero-order valence-corrected chi connectivity index (χ0v) is 13.4. The van der Waals surface area contributed by atoms with Crippen LogP contribution >= 0.6 is 0 Å². The van der Waals surface area contributed by atoms with Gasteiger partial charge in [0.15, 0.2) is 0 Å². The molecule has 2 aromatic heterocycles. The number of carbonyl (C=O) groups excluding carboxylic acids is 1. The molecule has 0 aromatic carbocycles. The van der Waals surface area contributed by atoms with E-state index in [1.807, 2.05) is 39.8 Å². The normalized spacial score (nSPS) is 19.6. The Balaban J connectivity index is 2.01. The van der Waals surface area contributed by atoms with Crippen molar-refractivity contribution in [3.63, 3.8) is 0 Å². The lowest BCUT2D eigenvalue weighted by Crippen LogP contribution is -2.41. The average Bonchev–Trinajstić information content (AvgIpc) is 2.96. The number of fused-ring (bicyclic) bond motifs is 1. The molecular weight excluding hydrogens is 283 g/mol. The van der Waals surface area contributed by atoms with Gasteiger partial charge in [-0.15, -0.1) is 0 Å². The summed E-state index contributed by atoms with van der Waals surface area (Å²) in [5, 5.41) is 4.15. The first kappa shape index (κ1) is 15.1. The van der Waals surface area contributed by atoms with Gasteiger partial charge in [0, 0.05) is 6.20 Å². The van der Waals surface area contributed by atoms with Crippen molar-refractivity contribution in [1.29, 1.82) is 0 Å². The Morgan fingerprint density at radius 1 is 1.27 bits per heavy atom. The molecule has 0 aliphatic carbocycles. The largest absolute Gasteiger partial charge is 0.494 e. The molecule has 0 N–H and O–H groups in total. The van der Waals surface area contributed by atoms with Crippen LogP contribution in [0.3, 0.4) is 0 Å². The van der Waals surface area contributed by atoms with Crippen LogP contribution in [0.5, 0.6) is 0 Å². The highest BCUT2D eigenvalue weighted by atomic mass is 16.7. The number of aromatic nitrogens is 2. The minimum atomic E-state index is -0.476. The number of hydrogen-bond acceptors (Lipinski definition) is 5. The fourth-order valence-electron chi connectivity index (χ4n) is 2.39. The van der Waals surface area contributed by atoms with Gasteiger partial charge in [0.05, 0.1) is 30.0 Å². The summed E-state index contributed by atoms with van der Waals surface area (Å²) in [6.45, 7) is 8.02. The second kappa shape index (κ2) is 4.82. The van der Waals surface area contributed by atoms with E-state index in [2.05, 4.69) is 5.10 Å². The first-order valence-electron chi connectivity index (χ1n) is 7.16. The van der Waals surface area contributed by atoms with Gasteiger partial charge in [-0.3, -0.25) is 0 Å². The molecule has 6 nitrogen and oxygen atoms in total. The second-order valence-electron chi connectivity index (χ2n) is 6.43. The number of pyridine rings is 1. The zero-order chi connectivity index (χ0) is 16.1. The van der Waals surface area contributed by atoms with Crippen LogP contribution < -0.4 is 5.46 Å². The summed E-state index contributed by atoms with van der Waals surface area (Å²) < 4.78 is 18.5. The van der Waals surface area contributed by atoms with Crippen LogP contribution in [0.4, 0.5) is 0 Å². The van der Waals surface area contributed by atoms with Crippen LogP contribution in [0.1, 0.15) is 38.1 Å². The number of methoxy groups -OCH3 is 1. The molecule has 3 rings (SSSR count). The van der Waals surface area contributed by atoms with Crippen LogP contribution in [0.15, 0.2) is 24.5 Å². The molecule has 0 atom stereocenters. The van der Waals surface area contributed by atoms with Crippen molar-refractivity contribution in [2.75, 3.05) is 7.11 Å². The van der Waals surface area contributed by atoms with Gasteiger partial charge in [-0.2, -0.15) is 5.10 Å². The second-order valence-corrected chi connectivity index (χ2v) is 6.43. The SMILES string of the molecule is COC(=O)c1cnn2ccc(B3OC(C)(C)C(C)(C)O3)cc12. The highest BCUT2D eigenvalue weighted by molar-refractivity contribution is 6.62. The summed E-state index contributed by atoms with van der Waals surface area (Å²) in [5.41, 5.74) is 1.11. The summed E-state index contributed by atoms with van der Waals surface area (Å²) >= 11 is 0. The molecule has 0 spiro atoms. The Bertz CT molecular complexity index is 722. The van der Waals surface area contributed by atoms with Crippen LogP contribution in [-0.4, -0.2) is 41.0 Å². The van der Waals surface area contributed by atoms with Crippen LogP contribution in [0, 0.1) is 0 Å². The van der Waals surface area contributed by atoms with Crippen LogP contribution in [0.2, 0.25) is 0 Å². The van der Waals surface area contributed by atoms with Crippen molar-refractivity contribution in [3.8, 4) is 0 Å². The molecule has 0 bridgehead atoms. The fourth-order valence-corrected chi connectivity index (χ4v) is 2.39. The molecule has 22 heavy (non-hydrogen) atoms. The maximum Gasteiger partial charge on any atom is 0.494 e. The number of ether oxygens (including phenoxy) is 1. The van der Waals surface area contributed by atoms with E-state index in [4.69, 9.17) is 14.0 Å². The lowest BCUT2D eigenvalue weighted by atomic mass is 9.79. The van der Waals surface area contributed by atoms with Gasteiger partial charge in [-0.25, -0.2) is 9.31 Å². The number of rotatable bonds is 2. The summed E-state index contributed by atoms with van der Waals surface area (Å²) in [4.78, 5) is 11.8. The topological polar surface area (TPSA) is 62.1 Å². The third-order valence-electron chi connectivity index (χ3n) is 4.48. The van der Waals surface area contributed by atoms with E-state index in [1.54, 1.807) is 10.7 Å². The van der Waals surface area contributed by atoms with Gasteiger partial charge in [0.25, 0.3) is 0 Å². The van der Waals surface area contributed by atoms with Crippen molar-refractivity contribution >= 4 is 24.1 Å². The summed E-state index contributed by atoms with van der Waals surface area (Å²) in [7, 11) is 0.875. The first-order chi connectivity index (χ1) is 10.2. The molecule has 7 heteroatoms. The van der Waals surface area contributed by atoms with E-state index in [0.29, 0.717) is 11.1 Å². The standard InChI is InChI=1S/C15H19BN2O4/c1-14(2)15(3,4)22-16(21-14)10-6-7-18-12(8-10)11(9-17-18)13(19)20-5/h6-9H,1-5H3. The fraction of sp³-hybridized carbons (Fsp3) is 0.467. The van der Waals surface area contributed by atoms with Gasteiger partial charge >= 0.3 is 13.1 Å². The molecule has 1 aliphatic heterocycles. The molecule has 1 saturated heterocycles. The Morgan fingerprint density at radius 2 is 1.91 bits per heavy atom. The Kier molecular flexibility index (Phi) is 3.30. The molecule has 2 aromatic rings. The maximum atomic E-state index is 11.8. The smallest absolute Gasteiger partial charge is 0.465 e. The van der Waals surface area contributed by atoms with Gasteiger partial charge < -0.3 is 14.0 Å². The minimum Gasteiger partial charge on any atom is -0.465 e. The van der Waals surface area contributed by atoms with Crippen molar-refractivity contribution in [3.05, 3.63) is 30.1 Å². The molecular formula is C15H19BN2O4. The number of nitrogens with zero attached hydrogens (tertiary/aromatic N) is 2. The van der Waals surface area contributed by atoms with E-state index in [0.717, 1.165) is 5.46 Å². The van der Waals surface area contributed by atoms with E-state index in [-0.39, 0.29) is 0 Å². The maximum absolute atomic E-state index is 11.8. The van der Waals surface area contributed by atoms with Gasteiger partial charge in [-0.05, 0) is 45.3 Å². The predicted octanol–water partition coefficient (Wildman–Crippen LogP) is 1.42. The van der Waals surface area contributed by atoms with Crippen molar-refractivity contribution < 1.29 is 18.8 Å². The molecule has 1 aliphatic rings. The first-order valence-corrected chi connectivity index (χ1v) is 7.16. The van der Waals surface area contributed by atoms with Crippen molar-refractivity contribution in [1.82, 2.24) is 9.61 Å². The van der Waals surface area contributed by atoms with Gasteiger partial charge in [-0.1, -0.05) is 0 Å².